The lowest BCUT2D eigenvalue weighted by atomic mass is 10.0. The van der Waals surface area contributed by atoms with Gasteiger partial charge in [0.15, 0.2) is 6.35 Å². The van der Waals surface area contributed by atoms with E-state index >= 15 is 0 Å². The molecule has 0 bridgehead atoms. The molecule has 0 aromatic heterocycles. The second-order valence-electron chi connectivity index (χ2n) is 6.37. The van der Waals surface area contributed by atoms with Crippen LogP contribution in [0.25, 0.3) is 0 Å². The molecule has 0 saturated carbocycles. The van der Waals surface area contributed by atoms with Gasteiger partial charge in [0.2, 0.25) is 0 Å². The van der Waals surface area contributed by atoms with Gasteiger partial charge >= 0.3 is 6.18 Å². The summed E-state index contributed by atoms with van der Waals surface area (Å²) in [6.07, 6.45) is -2.59. The van der Waals surface area contributed by atoms with E-state index in [0.717, 1.165) is 50.9 Å². The molecular weight excluding hydrogens is 335 g/mol. The van der Waals surface area contributed by atoms with Crippen LogP contribution in [0.1, 0.15) is 38.2 Å². The van der Waals surface area contributed by atoms with Crippen LogP contribution in [0, 0.1) is 0 Å². The molecule has 0 aliphatic carbocycles. The largest absolute Gasteiger partial charge is 0.416 e. The maximum Gasteiger partial charge on any atom is 0.416 e. The van der Waals surface area contributed by atoms with Crippen LogP contribution in [0.15, 0.2) is 24.3 Å². The maximum atomic E-state index is 12.5. The van der Waals surface area contributed by atoms with E-state index in [4.69, 9.17) is 0 Å². The van der Waals surface area contributed by atoms with Crippen molar-refractivity contribution in [1.82, 2.24) is 10.2 Å². The monoisotopic (exact) mass is 361 g/mol. The lowest BCUT2D eigenvalue weighted by Gasteiger charge is -2.36. The van der Waals surface area contributed by atoms with E-state index in [-0.39, 0.29) is 6.04 Å². The number of likely N-dealkylation sites (tertiary alicyclic amines) is 1. The van der Waals surface area contributed by atoms with Crippen LogP contribution >= 0.6 is 0 Å². The maximum absolute atomic E-state index is 12.5. The van der Waals surface area contributed by atoms with Gasteiger partial charge in [-0.15, -0.1) is 0 Å². The van der Waals surface area contributed by atoms with Gasteiger partial charge in [0.1, 0.15) is 6.23 Å². The molecule has 0 amide bonds. The van der Waals surface area contributed by atoms with Crippen molar-refractivity contribution in [3.05, 3.63) is 29.8 Å². The summed E-state index contributed by atoms with van der Waals surface area (Å²) in [4.78, 5) is 2.03. The molecule has 1 aromatic rings. The molecule has 1 fully saturated rings. The van der Waals surface area contributed by atoms with Crippen LogP contribution < -0.4 is 10.6 Å². The average Bonchev–Trinajstić information content (AvgIpc) is 2.55. The molecule has 1 aromatic carbocycles. The Morgan fingerprint density at radius 1 is 1.16 bits per heavy atom. The van der Waals surface area contributed by atoms with Gasteiger partial charge in [-0.2, -0.15) is 13.2 Å². The van der Waals surface area contributed by atoms with Crippen molar-refractivity contribution in [1.29, 1.82) is 0 Å². The molecule has 5 nitrogen and oxygen atoms in total. The Hall–Kier alpha value is -1.35. The average molecular weight is 361 g/mol. The molecule has 1 aliphatic heterocycles. The fourth-order valence-electron chi connectivity index (χ4n) is 2.98. The topological polar surface area (TPSA) is 67.8 Å². The van der Waals surface area contributed by atoms with Crippen LogP contribution in [0.5, 0.6) is 0 Å². The highest BCUT2D eigenvalue weighted by Crippen LogP contribution is 2.29. The van der Waals surface area contributed by atoms with Gasteiger partial charge < -0.3 is 15.5 Å². The number of piperidine rings is 1. The zero-order valence-electron chi connectivity index (χ0n) is 14.3. The molecule has 1 saturated heterocycles. The first-order valence-electron chi connectivity index (χ1n) is 8.59. The van der Waals surface area contributed by atoms with E-state index < -0.39 is 24.3 Å². The summed E-state index contributed by atoms with van der Waals surface area (Å²) in [6.45, 7) is 3.51. The second-order valence-corrected chi connectivity index (χ2v) is 6.37. The van der Waals surface area contributed by atoms with Crippen molar-refractivity contribution < 1.29 is 23.4 Å². The molecule has 25 heavy (non-hydrogen) atoms. The third-order valence-corrected chi connectivity index (χ3v) is 4.41. The predicted octanol–water partition coefficient (Wildman–Crippen LogP) is 2.57. The summed E-state index contributed by atoms with van der Waals surface area (Å²) in [5.74, 6) is 0. The van der Waals surface area contributed by atoms with Crippen LogP contribution in [0.3, 0.4) is 0 Å². The number of aliphatic hydroxyl groups is 2. The Morgan fingerprint density at radius 2 is 1.76 bits per heavy atom. The van der Waals surface area contributed by atoms with E-state index in [9.17, 15) is 23.4 Å². The molecule has 142 valence electrons. The quantitative estimate of drug-likeness (QED) is 0.562. The number of nitrogens with one attached hydrogen (secondary N) is 2. The molecule has 2 atom stereocenters. The van der Waals surface area contributed by atoms with E-state index in [2.05, 4.69) is 10.6 Å². The van der Waals surface area contributed by atoms with Gasteiger partial charge in [0.25, 0.3) is 0 Å². The van der Waals surface area contributed by atoms with Gasteiger partial charge in [-0.1, -0.05) is 13.3 Å². The molecule has 8 heteroatoms. The highest BCUT2D eigenvalue weighted by atomic mass is 19.4. The van der Waals surface area contributed by atoms with Crippen molar-refractivity contribution in [3.8, 4) is 0 Å². The number of alkyl halides is 3. The number of anilines is 1. The fraction of sp³-hybridized carbons (Fsp3) is 0.647. The summed E-state index contributed by atoms with van der Waals surface area (Å²) in [5, 5.41) is 25.8. The number of aliphatic hydroxyl groups excluding tert-OH is 2. The standard InChI is InChI=1S/C17H26F3N3O2/c1-2-3-15(24)23-10-8-14(9-11-23)22-16(25)21-13-6-4-12(5-7-13)17(18,19)20/h4-7,14-16,21-22,24-25H,2-3,8-11H2,1H3. The summed E-state index contributed by atoms with van der Waals surface area (Å²) >= 11 is 0. The minimum Gasteiger partial charge on any atom is -0.378 e. The first-order valence-corrected chi connectivity index (χ1v) is 8.59. The van der Waals surface area contributed by atoms with Gasteiger partial charge in [-0.3, -0.25) is 10.2 Å². The minimum atomic E-state index is -4.37. The van der Waals surface area contributed by atoms with Crippen LogP contribution in [-0.4, -0.2) is 46.8 Å². The zero-order chi connectivity index (χ0) is 18.4. The van der Waals surface area contributed by atoms with Gasteiger partial charge in [0.05, 0.1) is 5.56 Å². The van der Waals surface area contributed by atoms with Crippen LogP contribution in [0.2, 0.25) is 0 Å². The first kappa shape index (κ1) is 20.0. The predicted molar refractivity (Wildman–Crippen MR) is 89.7 cm³/mol. The Balaban J connectivity index is 1.76. The Morgan fingerprint density at radius 3 is 2.28 bits per heavy atom. The van der Waals surface area contributed by atoms with E-state index in [1.165, 1.54) is 12.1 Å². The molecule has 2 rings (SSSR count). The number of hydrogen-bond donors (Lipinski definition) is 4. The minimum absolute atomic E-state index is 0.0852. The third kappa shape index (κ3) is 6.14. The first-order chi connectivity index (χ1) is 11.8. The summed E-state index contributed by atoms with van der Waals surface area (Å²) in [5.41, 5.74) is -0.317. The van der Waals surface area contributed by atoms with Crippen molar-refractivity contribution >= 4 is 5.69 Å². The van der Waals surface area contributed by atoms with Crippen molar-refractivity contribution in [2.45, 2.75) is 57.4 Å². The highest BCUT2D eigenvalue weighted by Gasteiger charge is 2.30. The van der Waals surface area contributed by atoms with E-state index in [0.29, 0.717) is 5.69 Å². The number of halogens is 3. The molecule has 0 spiro atoms. The molecule has 4 N–H and O–H groups in total. The summed E-state index contributed by atoms with van der Waals surface area (Å²) < 4.78 is 37.6. The molecular formula is C17H26F3N3O2. The summed E-state index contributed by atoms with van der Waals surface area (Å²) in [7, 11) is 0. The Kier molecular flexibility index (Phi) is 7.06. The van der Waals surface area contributed by atoms with E-state index in [1.54, 1.807) is 0 Å². The van der Waals surface area contributed by atoms with Gasteiger partial charge in [0, 0.05) is 24.8 Å². The molecule has 1 aliphatic rings. The molecule has 0 radical (unpaired) electrons. The number of hydrogen-bond acceptors (Lipinski definition) is 5. The lowest BCUT2D eigenvalue weighted by molar-refractivity contribution is -0.137. The molecule has 2 unspecified atom stereocenters. The number of rotatable bonds is 7. The van der Waals surface area contributed by atoms with Crippen molar-refractivity contribution in [3.63, 3.8) is 0 Å². The fourth-order valence-corrected chi connectivity index (χ4v) is 2.98. The second kappa shape index (κ2) is 8.84. The van der Waals surface area contributed by atoms with Gasteiger partial charge in [-0.05, 0) is 43.5 Å². The highest BCUT2D eigenvalue weighted by molar-refractivity contribution is 5.45. The van der Waals surface area contributed by atoms with Crippen LogP contribution in [-0.2, 0) is 6.18 Å². The number of benzene rings is 1. The zero-order valence-corrected chi connectivity index (χ0v) is 14.3. The van der Waals surface area contributed by atoms with Gasteiger partial charge in [-0.25, -0.2) is 0 Å². The summed E-state index contributed by atoms with van der Waals surface area (Å²) in [6, 6.07) is 4.61. The van der Waals surface area contributed by atoms with Crippen molar-refractivity contribution in [2.75, 3.05) is 18.4 Å². The number of nitrogens with zero attached hydrogens (tertiary/aromatic N) is 1. The van der Waals surface area contributed by atoms with Crippen LogP contribution in [0.4, 0.5) is 18.9 Å². The Labute approximate surface area is 145 Å². The van der Waals surface area contributed by atoms with Crippen molar-refractivity contribution in [2.24, 2.45) is 0 Å². The Bertz CT molecular complexity index is 517. The van der Waals surface area contributed by atoms with E-state index in [1.807, 2.05) is 11.8 Å². The lowest BCUT2D eigenvalue weighted by Crippen LogP contribution is -2.50. The smallest absolute Gasteiger partial charge is 0.378 e. The normalized spacial score (nSPS) is 19.6. The SMILES string of the molecule is CCCC(O)N1CCC(NC(O)Nc2ccc(C(F)(F)F)cc2)CC1. The third-order valence-electron chi connectivity index (χ3n) is 4.41. The molecule has 1 heterocycles.